The Hall–Kier alpha value is -2.36. The zero-order valence-corrected chi connectivity index (χ0v) is 16.8. The molecule has 10 heteroatoms. The monoisotopic (exact) mass is 417 g/mol. The summed E-state index contributed by atoms with van der Waals surface area (Å²) in [6.45, 7) is 7.89. The standard InChI is InChI=1S/C19H26F3N3O4/c1-18(2,3)6-7-23-8-10-24(11-9-23)17(26)15-12-14(29-13-19(20,21)22)4-5-16(15)25(27)28/h4-5,12H,6-11,13H2,1-3H3. The van der Waals surface area contributed by atoms with Crippen LogP contribution in [0.4, 0.5) is 18.9 Å². The van der Waals surface area contributed by atoms with Crippen LogP contribution in [0.2, 0.25) is 0 Å². The predicted octanol–water partition coefficient (Wildman–Crippen LogP) is 3.73. The molecule has 1 aliphatic rings. The number of hydrogen-bond acceptors (Lipinski definition) is 5. The van der Waals surface area contributed by atoms with Crippen LogP contribution in [0.1, 0.15) is 37.6 Å². The number of nitro groups is 1. The number of alkyl halides is 3. The van der Waals surface area contributed by atoms with Crippen molar-refractivity contribution in [1.82, 2.24) is 9.80 Å². The molecule has 0 aromatic heterocycles. The van der Waals surface area contributed by atoms with Gasteiger partial charge >= 0.3 is 6.18 Å². The average molecular weight is 417 g/mol. The highest BCUT2D eigenvalue weighted by Crippen LogP contribution is 2.27. The van der Waals surface area contributed by atoms with Gasteiger partial charge in [0.25, 0.3) is 11.6 Å². The van der Waals surface area contributed by atoms with Crippen LogP contribution in [0.15, 0.2) is 18.2 Å². The lowest BCUT2D eigenvalue weighted by molar-refractivity contribution is -0.385. The second kappa shape index (κ2) is 8.98. The van der Waals surface area contributed by atoms with Crippen LogP contribution >= 0.6 is 0 Å². The van der Waals surface area contributed by atoms with E-state index in [1.807, 2.05) is 0 Å². The molecule has 0 saturated carbocycles. The van der Waals surface area contributed by atoms with Gasteiger partial charge < -0.3 is 9.64 Å². The molecular weight excluding hydrogens is 391 g/mol. The maximum atomic E-state index is 12.8. The van der Waals surface area contributed by atoms with Crippen LogP contribution in [-0.4, -0.2) is 66.1 Å². The first kappa shape index (κ1) is 22.9. The molecule has 0 radical (unpaired) electrons. The maximum absolute atomic E-state index is 12.8. The molecule has 29 heavy (non-hydrogen) atoms. The van der Waals surface area contributed by atoms with E-state index in [2.05, 4.69) is 30.4 Å². The third-order valence-corrected chi connectivity index (χ3v) is 4.64. The van der Waals surface area contributed by atoms with Crippen molar-refractivity contribution in [3.8, 4) is 5.75 Å². The Bertz CT molecular complexity index is 739. The van der Waals surface area contributed by atoms with Gasteiger partial charge in [0.2, 0.25) is 0 Å². The predicted molar refractivity (Wildman–Crippen MR) is 101 cm³/mol. The van der Waals surface area contributed by atoms with Crippen molar-refractivity contribution < 1.29 is 27.6 Å². The molecule has 1 fully saturated rings. The lowest BCUT2D eigenvalue weighted by Gasteiger charge is -2.36. The van der Waals surface area contributed by atoms with Crippen molar-refractivity contribution in [2.75, 3.05) is 39.3 Å². The van der Waals surface area contributed by atoms with E-state index < -0.39 is 29.3 Å². The Morgan fingerprint density at radius 1 is 1.17 bits per heavy atom. The van der Waals surface area contributed by atoms with Gasteiger partial charge in [0, 0.05) is 32.2 Å². The number of hydrogen-bond donors (Lipinski definition) is 0. The number of ether oxygens (including phenoxy) is 1. The number of nitrogens with zero attached hydrogens (tertiary/aromatic N) is 3. The lowest BCUT2D eigenvalue weighted by Crippen LogP contribution is -2.49. The Balaban J connectivity index is 2.08. The normalized spacial score (nSPS) is 16.0. The van der Waals surface area contributed by atoms with E-state index in [1.165, 1.54) is 4.90 Å². The SMILES string of the molecule is CC(C)(C)CCN1CCN(C(=O)c2cc(OCC(F)(F)F)ccc2[N+](=O)[O-])CC1. The summed E-state index contributed by atoms with van der Waals surface area (Å²) in [4.78, 5) is 27.1. The van der Waals surface area contributed by atoms with E-state index in [9.17, 15) is 28.1 Å². The molecule has 1 saturated heterocycles. The van der Waals surface area contributed by atoms with Gasteiger partial charge in [-0.25, -0.2) is 0 Å². The highest BCUT2D eigenvalue weighted by Gasteiger charge is 2.31. The van der Waals surface area contributed by atoms with E-state index >= 15 is 0 Å². The molecule has 0 bridgehead atoms. The Kier molecular flexibility index (Phi) is 7.10. The van der Waals surface area contributed by atoms with Gasteiger partial charge in [0.1, 0.15) is 11.3 Å². The first-order chi connectivity index (χ1) is 13.4. The van der Waals surface area contributed by atoms with Crippen molar-refractivity contribution in [2.45, 2.75) is 33.4 Å². The van der Waals surface area contributed by atoms with E-state index in [4.69, 9.17) is 0 Å². The third kappa shape index (κ3) is 7.19. The number of benzene rings is 1. The smallest absolute Gasteiger partial charge is 0.422 e. The molecule has 2 rings (SSSR count). The van der Waals surface area contributed by atoms with Crippen molar-refractivity contribution in [2.24, 2.45) is 5.41 Å². The first-order valence-corrected chi connectivity index (χ1v) is 9.35. The number of carbonyl (C=O) groups excluding carboxylic acids is 1. The van der Waals surface area contributed by atoms with Crippen LogP contribution in [0.25, 0.3) is 0 Å². The molecule has 1 amide bonds. The minimum Gasteiger partial charge on any atom is -0.484 e. The zero-order chi connectivity index (χ0) is 21.8. The van der Waals surface area contributed by atoms with Gasteiger partial charge in [-0.05, 0) is 30.5 Å². The minimum absolute atomic E-state index is 0.199. The fourth-order valence-corrected chi connectivity index (χ4v) is 2.94. The van der Waals surface area contributed by atoms with Crippen LogP contribution in [0.3, 0.4) is 0 Å². The topological polar surface area (TPSA) is 75.9 Å². The number of piperazine rings is 1. The largest absolute Gasteiger partial charge is 0.484 e. The molecule has 0 unspecified atom stereocenters. The van der Waals surface area contributed by atoms with Gasteiger partial charge in [-0.3, -0.25) is 19.8 Å². The van der Waals surface area contributed by atoms with Gasteiger partial charge in [0.15, 0.2) is 6.61 Å². The molecule has 162 valence electrons. The summed E-state index contributed by atoms with van der Waals surface area (Å²) in [5.41, 5.74) is -0.521. The fourth-order valence-electron chi connectivity index (χ4n) is 2.94. The van der Waals surface area contributed by atoms with Crippen molar-refractivity contribution in [1.29, 1.82) is 0 Å². The molecular formula is C19H26F3N3O4. The van der Waals surface area contributed by atoms with Crippen molar-refractivity contribution >= 4 is 11.6 Å². The second-order valence-electron chi connectivity index (χ2n) is 8.28. The van der Waals surface area contributed by atoms with Gasteiger partial charge in [-0.2, -0.15) is 13.2 Å². The highest BCUT2D eigenvalue weighted by molar-refractivity contribution is 5.98. The maximum Gasteiger partial charge on any atom is 0.422 e. The quantitative estimate of drug-likeness (QED) is 0.521. The number of nitro benzene ring substituents is 1. The molecule has 1 heterocycles. The van der Waals surface area contributed by atoms with Crippen LogP contribution in [0, 0.1) is 15.5 Å². The molecule has 0 aliphatic carbocycles. The number of rotatable bonds is 6. The van der Waals surface area contributed by atoms with Gasteiger partial charge in [0.05, 0.1) is 4.92 Å². The summed E-state index contributed by atoms with van der Waals surface area (Å²) < 4.78 is 41.7. The molecule has 0 spiro atoms. The summed E-state index contributed by atoms with van der Waals surface area (Å²) in [5, 5.41) is 11.3. The molecule has 1 aliphatic heterocycles. The zero-order valence-electron chi connectivity index (χ0n) is 16.8. The summed E-state index contributed by atoms with van der Waals surface area (Å²) >= 11 is 0. The van der Waals surface area contributed by atoms with E-state index in [0.29, 0.717) is 26.2 Å². The summed E-state index contributed by atoms with van der Waals surface area (Å²) in [7, 11) is 0. The molecule has 0 N–H and O–H groups in total. The molecule has 0 atom stereocenters. The summed E-state index contributed by atoms with van der Waals surface area (Å²) in [6.07, 6.45) is -3.54. The van der Waals surface area contributed by atoms with Gasteiger partial charge in [-0.15, -0.1) is 0 Å². The summed E-state index contributed by atoms with van der Waals surface area (Å²) in [6, 6.07) is 3.07. The minimum atomic E-state index is -4.55. The molecule has 7 nitrogen and oxygen atoms in total. The lowest BCUT2D eigenvalue weighted by atomic mass is 9.92. The van der Waals surface area contributed by atoms with E-state index in [-0.39, 0.29) is 16.7 Å². The number of carbonyl (C=O) groups is 1. The molecule has 1 aromatic carbocycles. The number of halogens is 3. The van der Waals surface area contributed by atoms with Crippen molar-refractivity contribution in [3.05, 3.63) is 33.9 Å². The van der Waals surface area contributed by atoms with Crippen LogP contribution in [0.5, 0.6) is 5.75 Å². The van der Waals surface area contributed by atoms with E-state index in [1.54, 1.807) is 0 Å². The van der Waals surface area contributed by atoms with Crippen LogP contribution < -0.4 is 4.74 Å². The Morgan fingerprint density at radius 3 is 2.31 bits per heavy atom. The molecule has 1 aromatic rings. The van der Waals surface area contributed by atoms with Gasteiger partial charge in [-0.1, -0.05) is 20.8 Å². The van der Waals surface area contributed by atoms with E-state index in [0.717, 1.165) is 31.2 Å². The first-order valence-electron chi connectivity index (χ1n) is 9.35. The van der Waals surface area contributed by atoms with Crippen LogP contribution in [-0.2, 0) is 0 Å². The summed E-state index contributed by atoms with van der Waals surface area (Å²) in [5.74, 6) is -0.815. The third-order valence-electron chi connectivity index (χ3n) is 4.64. The Morgan fingerprint density at radius 2 is 1.79 bits per heavy atom. The number of amides is 1. The Labute approximate surface area is 167 Å². The van der Waals surface area contributed by atoms with Crippen molar-refractivity contribution in [3.63, 3.8) is 0 Å². The fraction of sp³-hybridized carbons (Fsp3) is 0.632. The average Bonchev–Trinajstić information content (AvgIpc) is 2.63. The second-order valence-corrected chi connectivity index (χ2v) is 8.28. The highest BCUT2D eigenvalue weighted by atomic mass is 19.4.